The van der Waals surface area contributed by atoms with E-state index in [0.717, 1.165) is 26.0 Å². The molecule has 0 heterocycles. The monoisotopic (exact) mass is 490 g/mol. The van der Waals surface area contributed by atoms with Crippen LogP contribution in [-0.2, 0) is 9.53 Å². The Morgan fingerprint density at radius 3 is 2.08 bits per heavy atom. The van der Waals surface area contributed by atoms with Gasteiger partial charge in [0.2, 0.25) is 0 Å². The maximum absolute atomic E-state index is 11.1. The van der Waals surface area contributed by atoms with Gasteiger partial charge in [-0.05, 0) is 67.6 Å². The second-order valence-electron chi connectivity index (χ2n) is 4.69. The van der Waals surface area contributed by atoms with E-state index in [1.807, 2.05) is 43.3 Å². The lowest BCUT2D eigenvalue weighted by Gasteiger charge is -2.02. The maximum atomic E-state index is 11.1. The largest absolute Gasteiger partial charge is 0.466 e. The average molecular weight is 492 g/mol. The fourth-order valence-corrected chi connectivity index (χ4v) is 3.14. The summed E-state index contributed by atoms with van der Waals surface area (Å²) < 4.78 is 7.03. The lowest BCUT2D eigenvalue weighted by molar-refractivity contribution is -0.143. The lowest BCUT2D eigenvalue weighted by atomic mass is 10.3. The predicted octanol–water partition coefficient (Wildman–Crippen LogP) is 6.62. The molecule has 6 heteroatoms. The number of halogens is 2. The topological polar surface area (TPSA) is 26.3 Å². The smallest absolute Gasteiger partial charge is 0.305 e. The third-order valence-electron chi connectivity index (χ3n) is 2.74. The highest BCUT2D eigenvalue weighted by Crippen LogP contribution is 2.21. The molecule has 0 unspecified atom stereocenters. The van der Waals surface area contributed by atoms with Crippen LogP contribution in [0.15, 0.2) is 67.3 Å². The minimum absolute atomic E-state index is 0.0982. The molecule has 0 aliphatic rings. The number of thioether (sulfide) groups is 1. The molecule has 0 aliphatic heterocycles. The van der Waals surface area contributed by atoms with Gasteiger partial charge >= 0.3 is 5.97 Å². The van der Waals surface area contributed by atoms with Gasteiger partial charge in [0.1, 0.15) is 0 Å². The fraction of sp³-hybridized carbons (Fsp3) is 0.278. The van der Waals surface area contributed by atoms with E-state index < -0.39 is 0 Å². The Morgan fingerprint density at radius 2 is 1.58 bits per heavy atom. The summed E-state index contributed by atoms with van der Waals surface area (Å²) in [5.41, 5.74) is 0. The minimum atomic E-state index is -0.0982. The molecule has 0 saturated carbocycles. The molecule has 0 fully saturated rings. The zero-order valence-corrected chi connectivity index (χ0v) is 18.3. The van der Waals surface area contributed by atoms with Crippen LogP contribution in [0.5, 0.6) is 0 Å². The number of carbonyl (C=O) groups is 1. The molecule has 0 atom stereocenters. The van der Waals surface area contributed by atoms with Crippen molar-refractivity contribution < 1.29 is 9.53 Å². The van der Waals surface area contributed by atoms with Gasteiger partial charge in [-0.15, -0.1) is 24.4 Å². The van der Waals surface area contributed by atoms with Crippen LogP contribution in [0.4, 0.5) is 0 Å². The minimum Gasteiger partial charge on any atom is -0.466 e. The molecule has 0 saturated heterocycles. The van der Waals surface area contributed by atoms with E-state index in [9.17, 15) is 4.79 Å². The second kappa shape index (κ2) is 12.9. The van der Waals surface area contributed by atoms with Crippen molar-refractivity contribution in [2.45, 2.75) is 29.6 Å². The average Bonchev–Trinajstić information content (AvgIpc) is 2.57. The van der Waals surface area contributed by atoms with Gasteiger partial charge in [-0.1, -0.05) is 31.9 Å². The normalized spacial score (nSPS) is 9.83. The number of thiol groups is 1. The molecule has 0 N–H and O–H groups in total. The molecule has 0 aliphatic carbocycles. The van der Waals surface area contributed by atoms with Crippen molar-refractivity contribution in [3.05, 3.63) is 57.5 Å². The van der Waals surface area contributed by atoms with Crippen LogP contribution in [0.3, 0.4) is 0 Å². The van der Waals surface area contributed by atoms with E-state index in [0.29, 0.717) is 13.0 Å². The summed E-state index contributed by atoms with van der Waals surface area (Å²) >= 11 is 12.6. The molecule has 0 bridgehead atoms. The van der Waals surface area contributed by atoms with Gasteiger partial charge in [0, 0.05) is 25.2 Å². The van der Waals surface area contributed by atoms with Crippen molar-refractivity contribution in [3.8, 4) is 0 Å². The van der Waals surface area contributed by atoms with Crippen molar-refractivity contribution in [2.75, 3.05) is 12.4 Å². The van der Waals surface area contributed by atoms with E-state index in [1.165, 1.54) is 4.90 Å². The van der Waals surface area contributed by atoms with Crippen molar-refractivity contribution in [2.24, 2.45) is 0 Å². The SMILES string of the molecule is CCOC(=O)CCCSc1ccc(Br)cc1.Sc1ccc(Br)cc1. The quantitative estimate of drug-likeness (QED) is 0.213. The van der Waals surface area contributed by atoms with E-state index in [-0.39, 0.29) is 5.97 Å². The third-order valence-corrected chi connectivity index (χ3v) is 5.19. The molecule has 2 aromatic rings. The lowest BCUT2D eigenvalue weighted by Crippen LogP contribution is -2.03. The van der Waals surface area contributed by atoms with Gasteiger partial charge in [0.05, 0.1) is 6.61 Å². The Balaban J connectivity index is 0.000000300. The summed E-state index contributed by atoms with van der Waals surface area (Å²) in [6.45, 7) is 2.30. The van der Waals surface area contributed by atoms with Crippen LogP contribution in [-0.4, -0.2) is 18.3 Å². The molecule has 2 nitrogen and oxygen atoms in total. The summed E-state index contributed by atoms with van der Waals surface area (Å²) in [7, 11) is 0. The molecule has 24 heavy (non-hydrogen) atoms. The Kier molecular flexibility index (Phi) is 11.6. The van der Waals surface area contributed by atoms with Crippen molar-refractivity contribution in [3.63, 3.8) is 0 Å². The van der Waals surface area contributed by atoms with Crippen LogP contribution in [0.2, 0.25) is 0 Å². The van der Waals surface area contributed by atoms with Gasteiger partial charge in [-0.3, -0.25) is 4.79 Å². The Hall–Kier alpha value is -0.430. The summed E-state index contributed by atoms with van der Waals surface area (Å²) in [5, 5.41) is 0. The van der Waals surface area contributed by atoms with E-state index in [4.69, 9.17) is 4.74 Å². The van der Waals surface area contributed by atoms with Gasteiger partial charge in [0.15, 0.2) is 0 Å². The molecular weight excluding hydrogens is 472 g/mol. The molecule has 130 valence electrons. The van der Waals surface area contributed by atoms with Gasteiger partial charge in [-0.2, -0.15) is 0 Å². The number of carbonyl (C=O) groups excluding carboxylic acids is 1. The molecule has 0 radical (unpaired) electrons. The predicted molar refractivity (Wildman–Crippen MR) is 112 cm³/mol. The number of ether oxygens (including phenoxy) is 1. The van der Waals surface area contributed by atoms with Crippen LogP contribution in [0, 0.1) is 0 Å². The number of benzene rings is 2. The summed E-state index contributed by atoms with van der Waals surface area (Å²) in [5.74, 6) is 0.847. The first-order valence-electron chi connectivity index (χ1n) is 7.49. The highest BCUT2D eigenvalue weighted by molar-refractivity contribution is 9.10. The summed E-state index contributed by atoms with van der Waals surface area (Å²) in [6.07, 6.45) is 1.37. The third kappa shape index (κ3) is 10.4. The number of hydrogen-bond donors (Lipinski definition) is 1. The Bertz CT molecular complexity index is 580. The van der Waals surface area contributed by atoms with Crippen molar-refractivity contribution in [1.82, 2.24) is 0 Å². The highest BCUT2D eigenvalue weighted by atomic mass is 79.9. The summed E-state index contributed by atoms with van der Waals surface area (Å²) in [6, 6.07) is 16.0. The van der Waals surface area contributed by atoms with Crippen molar-refractivity contribution in [1.29, 1.82) is 0 Å². The second-order valence-corrected chi connectivity index (χ2v) is 8.20. The van der Waals surface area contributed by atoms with Crippen LogP contribution >= 0.6 is 56.3 Å². The first-order chi connectivity index (χ1) is 11.5. The Labute approximate surface area is 170 Å². The number of esters is 1. The zero-order valence-electron chi connectivity index (χ0n) is 13.4. The Morgan fingerprint density at radius 1 is 1.04 bits per heavy atom. The standard InChI is InChI=1S/C12H15BrO2S.C6H5BrS/c1-2-15-12(14)4-3-9-16-11-7-5-10(13)6-8-11;7-5-1-3-6(8)4-2-5/h5-8H,2-4,9H2,1H3;1-4,8H. The molecule has 2 rings (SSSR count). The molecule has 2 aromatic carbocycles. The fourth-order valence-electron chi connectivity index (χ4n) is 1.61. The first-order valence-corrected chi connectivity index (χ1v) is 10.5. The molecule has 0 amide bonds. The molecule has 0 spiro atoms. The van der Waals surface area contributed by atoms with E-state index in [1.54, 1.807) is 11.8 Å². The van der Waals surface area contributed by atoms with Gasteiger partial charge in [0.25, 0.3) is 0 Å². The van der Waals surface area contributed by atoms with Crippen LogP contribution < -0.4 is 0 Å². The van der Waals surface area contributed by atoms with Crippen molar-refractivity contribution >= 4 is 62.2 Å². The first kappa shape index (κ1) is 21.6. The summed E-state index contributed by atoms with van der Waals surface area (Å²) in [4.78, 5) is 13.3. The van der Waals surface area contributed by atoms with E-state index >= 15 is 0 Å². The van der Waals surface area contributed by atoms with Crippen LogP contribution in [0.25, 0.3) is 0 Å². The van der Waals surface area contributed by atoms with E-state index in [2.05, 4.69) is 56.6 Å². The van der Waals surface area contributed by atoms with Gasteiger partial charge in [-0.25, -0.2) is 0 Å². The highest BCUT2D eigenvalue weighted by Gasteiger charge is 2.01. The van der Waals surface area contributed by atoms with Gasteiger partial charge < -0.3 is 4.74 Å². The number of hydrogen-bond acceptors (Lipinski definition) is 4. The zero-order chi connectivity index (χ0) is 17.8. The molecule has 0 aromatic heterocycles. The van der Waals surface area contributed by atoms with Crippen LogP contribution in [0.1, 0.15) is 19.8 Å². The molecular formula is C18H20Br2O2S2. The maximum Gasteiger partial charge on any atom is 0.305 e. The number of rotatable bonds is 6.